The highest BCUT2D eigenvalue weighted by atomic mass is 32.2. The van der Waals surface area contributed by atoms with E-state index in [0.29, 0.717) is 18.4 Å². The Kier molecular flexibility index (Phi) is 6.94. The quantitative estimate of drug-likeness (QED) is 0.647. The van der Waals surface area contributed by atoms with E-state index in [2.05, 4.69) is 56.4 Å². The number of carbonyl (C=O) groups excluding carboxylic acids is 2. The Hall–Kier alpha value is -2.27. The van der Waals surface area contributed by atoms with Gasteiger partial charge in [-0.25, -0.2) is 0 Å². The summed E-state index contributed by atoms with van der Waals surface area (Å²) < 4.78 is 0. The number of anilines is 1. The predicted molar refractivity (Wildman–Crippen MR) is 132 cm³/mol. The average molecular weight is 451 g/mol. The van der Waals surface area contributed by atoms with Gasteiger partial charge in [-0.3, -0.25) is 9.59 Å². The van der Waals surface area contributed by atoms with Gasteiger partial charge in [0.05, 0.1) is 18.2 Å². The fraction of sp³-hybridized carbons (Fsp3) is 0.481. The third-order valence-corrected chi connectivity index (χ3v) is 8.75. The van der Waals surface area contributed by atoms with E-state index in [9.17, 15) is 9.59 Å². The van der Waals surface area contributed by atoms with Gasteiger partial charge in [0.1, 0.15) is 5.25 Å². The molecule has 1 fully saturated rings. The lowest BCUT2D eigenvalue weighted by molar-refractivity contribution is -0.129. The summed E-state index contributed by atoms with van der Waals surface area (Å²) in [5.41, 5.74) is 3.22. The first-order valence-corrected chi connectivity index (χ1v) is 12.7. The van der Waals surface area contributed by atoms with Gasteiger partial charge in [0.25, 0.3) is 0 Å². The van der Waals surface area contributed by atoms with Crippen molar-refractivity contribution < 1.29 is 9.59 Å². The maximum absolute atomic E-state index is 13.6. The molecule has 2 amide bonds. The molecule has 0 radical (unpaired) electrons. The third kappa shape index (κ3) is 4.73. The fourth-order valence-corrected chi connectivity index (χ4v) is 6.12. The summed E-state index contributed by atoms with van der Waals surface area (Å²) in [4.78, 5) is 29.8. The molecule has 1 aliphatic heterocycles. The summed E-state index contributed by atoms with van der Waals surface area (Å²) in [5, 5.41) is 2.86. The molecule has 5 heteroatoms. The van der Waals surface area contributed by atoms with Crippen LogP contribution in [0.5, 0.6) is 0 Å². The van der Waals surface area contributed by atoms with Gasteiger partial charge in [0, 0.05) is 10.9 Å². The van der Waals surface area contributed by atoms with Crippen LogP contribution in [0.25, 0.3) is 0 Å². The van der Waals surface area contributed by atoms with E-state index in [1.54, 1.807) is 0 Å². The Bertz CT molecular complexity index is 974. The lowest BCUT2D eigenvalue weighted by Crippen LogP contribution is -2.50. The molecule has 32 heavy (non-hydrogen) atoms. The zero-order valence-corrected chi connectivity index (χ0v) is 20.3. The van der Waals surface area contributed by atoms with Crippen LogP contribution in [0.15, 0.2) is 53.4 Å². The summed E-state index contributed by atoms with van der Waals surface area (Å²) in [6, 6.07) is 16.5. The molecule has 1 aliphatic carbocycles. The molecule has 1 heterocycles. The molecule has 170 valence electrons. The van der Waals surface area contributed by atoms with Gasteiger partial charge in [0.15, 0.2) is 0 Å². The van der Waals surface area contributed by atoms with Crippen molar-refractivity contribution >= 4 is 29.3 Å². The van der Waals surface area contributed by atoms with E-state index in [1.165, 1.54) is 23.7 Å². The largest absolute Gasteiger partial charge is 0.353 e. The Labute approximate surface area is 196 Å². The molecular formula is C27H34N2O2S. The van der Waals surface area contributed by atoms with E-state index < -0.39 is 11.2 Å². The smallest absolute Gasteiger partial charge is 0.241 e. The number of amides is 2. The predicted octanol–water partition coefficient (Wildman–Crippen LogP) is 5.58. The van der Waals surface area contributed by atoms with Gasteiger partial charge in [-0.15, -0.1) is 11.8 Å². The van der Waals surface area contributed by atoms with E-state index in [4.69, 9.17) is 0 Å². The highest BCUT2D eigenvalue weighted by molar-refractivity contribution is 8.01. The Morgan fingerprint density at radius 3 is 2.59 bits per heavy atom. The van der Waals surface area contributed by atoms with E-state index in [0.717, 1.165) is 29.0 Å². The van der Waals surface area contributed by atoms with Crippen molar-refractivity contribution in [2.75, 3.05) is 4.90 Å². The van der Waals surface area contributed by atoms with Crippen LogP contribution in [0.3, 0.4) is 0 Å². The number of hydrogen-bond acceptors (Lipinski definition) is 3. The summed E-state index contributed by atoms with van der Waals surface area (Å²) in [5.74, 6) is 0.699. The SMILES string of the molecule is Cc1ccc(CN2C(=O)[C@H]([C@H](C)C(=O)N[C@@H]3CCC[C@H](C)[C@@H]3C)Sc3ccccc32)cc1. The van der Waals surface area contributed by atoms with Crippen LogP contribution < -0.4 is 10.2 Å². The highest BCUT2D eigenvalue weighted by Crippen LogP contribution is 2.42. The van der Waals surface area contributed by atoms with Crippen molar-refractivity contribution in [2.24, 2.45) is 17.8 Å². The number of hydrogen-bond donors (Lipinski definition) is 1. The van der Waals surface area contributed by atoms with E-state index in [1.807, 2.05) is 30.0 Å². The van der Waals surface area contributed by atoms with Crippen LogP contribution in [0.1, 0.15) is 51.2 Å². The summed E-state index contributed by atoms with van der Waals surface area (Å²) >= 11 is 1.53. The zero-order valence-electron chi connectivity index (χ0n) is 19.5. The van der Waals surface area contributed by atoms with Gasteiger partial charge in [-0.05, 0) is 42.9 Å². The lowest BCUT2D eigenvalue weighted by Gasteiger charge is -2.38. The second-order valence-corrected chi connectivity index (χ2v) is 10.8. The molecule has 0 aromatic heterocycles. The Balaban J connectivity index is 1.54. The van der Waals surface area contributed by atoms with Crippen molar-refractivity contribution in [3.05, 3.63) is 59.7 Å². The van der Waals surface area contributed by atoms with Gasteiger partial charge < -0.3 is 10.2 Å². The monoisotopic (exact) mass is 450 g/mol. The van der Waals surface area contributed by atoms with Gasteiger partial charge in [-0.2, -0.15) is 0 Å². The summed E-state index contributed by atoms with van der Waals surface area (Å²) in [6.07, 6.45) is 3.41. The standard InChI is InChI=1S/C27H34N2O2S/c1-17-12-14-21(15-13-17)16-29-23-10-5-6-11-24(23)32-25(27(29)31)20(4)26(30)28-22-9-7-8-18(2)19(22)3/h5-6,10-15,18-20,22,25H,7-9,16H2,1-4H3,(H,28,30)/t18-,19-,20-,22+,25-/m0/s1. The Morgan fingerprint density at radius 1 is 1.12 bits per heavy atom. The van der Waals surface area contributed by atoms with Gasteiger partial charge in [-0.1, -0.05) is 75.6 Å². The number of nitrogens with one attached hydrogen (secondary N) is 1. The van der Waals surface area contributed by atoms with Crippen LogP contribution in [0, 0.1) is 24.7 Å². The normalized spacial score (nSPS) is 26.4. The second kappa shape index (κ2) is 9.70. The summed E-state index contributed by atoms with van der Waals surface area (Å²) in [6.45, 7) is 8.98. The number of benzene rings is 2. The van der Waals surface area contributed by atoms with Crippen LogP contribution >= 0.6 is 11.8 Å². The molecule has 0 unspecified atom stereocenters. The number of rotatable bonds is 5. The molecule has 0 spiro atoms. The molecule has 1 N–H and O–H groups in total. The molecule has 2 aromatic carbocycles. The molecule has 2 aliphatic rings. The molecule has 0 bridgehead atoms. The highest BCUT2D eigenvalue weighted by Gasteiger charge is 2.40. The topological polar surface area (TPSA) is 49.4 Å². The summed E-state index contributed by atoms with van der Waals surface area (Å²) in [7, 11) is 0. The number of aryl methyl sites for hydroxylation is 1. The van der Waals surface area contributed by atoms with E-state index in [-0.39, 0.29) is 17.9 Å². The first-order chi connectivity index (χ1) is 15.3. The van der Waals surface area contributed by atoms with Gasteiger partial charge >= 0.3 is 0 Å². The minimum atomic E-state index is -0.424. The number of thioether (sulfide) groups is 1. The van der Waals surface area contributed by atoms with Gasteiger partial charge in [0.2, 0.25) is 11.8 Å². The maximum atomic E-state index is 13.6. The van der Waals surface area contributed by atoms with Crippen LogP contribution in [-0.4, -0.2) is 23.1 Å². The average Bonchev–Trinajstić information content (AvgIpc) is 2.79. The molecule has 4 rings (SSSR count). The number of para-hydroxylation sites is 1. The first-order valence-electron chi connectivity index (χ1n) is 11.8. The minimum absolute atomic E-state index is 0.00327. The number of carbonyl (C=O) groups is 2. The molecule has 5 atom stereocenters. The minimum Gasteiger partial charge on any atom is -0.353 e. The van der Waals surface area contributed by atoms with Crippen LogP contribution in [-0.2, 0) is 16.1 Å². The van der Waals surface area contributed by atoms with Crippen molar-refractivity contribution in [1.29, 1.82) is 0 Å². The number of fused-ring (bicyclic) bond motifs is 1. The first kappa shape index (κ1) is 22.9. The zero-order chi connectivity index (χ0) is 22.8. The molecular weight excluding hydrogens is 416 g/mol. The fourth-order valence-electron chi connectivity index (χ4n) is 4.83. The van der Waals surface area contributed by atoms with Crippen molar-refractivity contribution in [2.45, 2.75) is 69.7 Å². The second-order valence-electron chi connectivity index (χ2n) is 9.59. The maximum Gasteiger partial charge on any atom is 0.241 e. The lowest BCUT2D eigenvalue weighted by atomic mass is 9.78. The van der Waals surface area contributed by atoms with Crippen molar-refractivity contribution in [1.82, 2.24) is 5.32 Å². The molecule has 0 saturated heterocycles. The number of nitrogens with zero attached hydrogens (tertiary/aromatic N) is 1. The molecule has 1 saturated carbocycles. The third-order valence-electron chi connectivity index (χ3n) is 7.28. The molecule has 4 nitrogen and oxygen atoms in total. The van der Waals surface area contributed by atoms with E-state index >= 15 is 0 Å². The van der Waals surface area contributed by atoms with Crippen molar-refractivity contribution in [3.63, 3.8) is 0 Å². The van der Waals surface area contributed by atoms with Crippen molar-refractivity contribution in [3.8, 4) is 0 Å². The Morgan fingerprint density at radius 2 is 1.84 bits per heavy atom. The van der Waals surface area contributed by atoms with Crippen LogP contribution in [0.2, 0.25) is 0 Å². The van der Waals surface area contributed by atoms with Crippen LogP contribution in [0.4, 0.5) is 5.69 Å². The molecule has 2 aromatic rings.